The van der Waals surface area contributed by atoms with Crippen molar-refractivity contribution in [1.29, 1.82) is 0 Å². The van der Waals surface area contributed by atoms with Gasteiger partial charge in [0.05, 0.1) is 11.4 Å². The van der Waals surface area contributed by atoms with Gasteiger partial charge in [0.15, 0.2) is 5.13 Å². The zero-order valence-electron chi connectivity index (χ0n) is 24.8. The summed E-state index contributed by atoms with van der Waals surface area (Å²) in [7, 11) is 0. The first-order valence-electron chi connectivity index (χ1n) is 14.5. The summed E-state index contributed by atoms with van der Waals surface area (Å²) < 4.78 is 0. The molecule has 3 N–H and O–H groups in total. The molecule has 0 aliphatic carbocycles. The Hall–Kier alpha value is -5.22. The number of carbonyl (C=O) groups excluding carboxylic acids is 3. The molecule has 0 saturated heterocycles. The van der Waals surface area contributed by atoms with Gasteiger partial charge in [-0.15, -0.1) is 23.1 Å². The molecule has 0 unspecified atom stereocenters. The zero-order chi connectivity index (χ0) is 32.6. The van der Waals surface area contributed by atoms with Crippen molar-refractivity contribution in [3.63, 3.8) is 0 Å². The number of halogens is 1. The number of amides is 3. The van der Waals surface area contributed by atoms with Crippen molar-refractivity contribution < 1.29 is 14.4 Å². The van der Waals surface area contributed by atoms with Gasteiger partial charge in [-0.3, -0.25) is 14.4 Å². The Balaban J connectivity index is 1.08. The Labute approximate surface area is 284 Å². The number of benzene rings is 5. The Morgan fingerprint density at radius 1 is 0.787 bits per heavy atom. The molecule has 0 fully saturated rings. The molecule has 1 aromatic heterocycles. The van der Waals surface area contributed by atoms with Crippen LogP contribution in [0.4, 0.5) is 10.8 Å². The highest BCUT2D eigenvalue weighted by Gasteiger charge is 2.16. The fourth-order valence-corrected chi connectivity index (χ4v) is 6.26. The number of rotatable bonds is 10. The monoisotopic (exact) mass is 674 g/mol. The lowest BCUT2D eigenvalue weighted by Crippen LogP contribution is -2.30. The molecule has 7 nitrogen and oxygen atoms in total. The number of hydrogen-bond donors (Lipinski definition) is 3. The van der Waals surface area contributed by atoms with E-state index >= 15 is 0 Å². The quantitative estimate of drug-likeness (QED) is 0.0997. The summed E-state index contributed by atoms with van der Waals surface area (Å²) in [6.45, 7) is 0. The van der Waals surface area contributed by atoms with E-state index in [0.717, 1.165) is 26.9 Å². The van der Waals surface area contributed by atoms with Crippen LogP contribution in [0.25, 0.3) is 28.1 Å². The SMILES string of the molecule is O=C(CSc1cccc(NC(=O)/C(=C/c2ccc(Cl)cc2)NC(=O)c2ccccc2)c1)Nc1nc(-c2ccc3ccccc3c2)cs1. The lowest BCUT2D eigenvalue weighted by Gasteiger charge is -2.12. The molecule has 0 bridgehead atoms. The van der Waals surface area contributed by atoms with Crippen LogP contribution in [0, 0.1) is 0 Å². The van der Waals surface area contributed by atoms with Crippen molar-refractivity contribution in [1.82, 2.24) is 10.3 Å². The average molecular weight is 675 g/mol. The minimum absolute atomic E-state index is 0.0603. The molecule has 10 heteroatoms. The molecule has 0 aliphatic heterocycles. The van der Waals surface area contributed by atoms with Crippen molar-refractivity contribution in [2.75, 3.05) is 16.4 Å². The van der Waals surface area contributed by atoms with Crippen LogP contribution in [0.15, 0.2) is 137 Å². The molecular formula is C37H27ClN4O3S2. The van der Waals surface area contributed by atoms with Crippen molar-refractivity contribution in [3.05, 3.63) is 149 Å². The number of thiazole rings is 1. The molecule has 0 spiro atoms. The molecule has 0 atom stereocenters. The standard InChI is InChI=1S/C37H27ClN4O3S2/c38-29-17-13-24(14-18-29)19-32(40-35(44)26-8-2-1-3-9-26)36(45)39-30-11-6-12-31(21-30)46-23-34(43)42-37-41-33(22-47-37)28-16-15-25-7-4-5-10-27(25)20-28/h1-22H,23H2,(H,39,45)(H,40,44)(H,41,42,43)/b32-19-. The number of carbonyl (C=O) groups is 3. The summed E-state index contributed by atoms with van der Waals surface area (Å²) in [4.78, 5) is 44.5. The van der Waals surface area contributed by atoms with Gasteiger partial charge >= 0.3 is 0 Å². The summed E-state index contributed by atoms with van der Waals surface area (Å²) in [5.41, 5.74) is 3.46. The van der Waals surface area contributed by atoms with Crippen LogP contribution in [0.2, 0.25) is 5.02 Å². The van der Waals surface area contributed by atoms with E-state index in [2.05, 4.69) is 45.2 Å². The first-order valence-corrected chi connectivity index (χ1v) is 16.8. The lowest BCUT2D eigenvalue weighted by atomic mass is 10.1. The zero-order valence-corrected chi connectivity index (χ0v) is 27.2. The maximum Gasteiger partial charge on any atom is 0.272 e. The number of fused-ring (bicyclic) bond motifs is 1. The van der Waals surface area contributed by atoms with Crippen molar-refractivity contribution in [2.45, 2.75) is 4.90 Å². The topological polar surface area (TPSA) is 100 Å². The van der Waals surface area contributed by atoms with Gasteiger partial charge in [0.1, 0.15) is 5.70 Å². The molecule has 5 aromatic carbocycles. The van der Waals surface area contributed by atoms with Gasteiger partial charge in [-0.2, -0.15) is 0 Å². The molecule has 47 heavy (non-hydrogen) atoms. The minimum Gasteiger partial charge on any atom is -0.321 e. The normalized spacial score (nSPS) is 11.2. The largest absolute Gasteiger partial charge is 0.321 e. The molecule has 0 radical (unpaired) electrons. The van der Waals surface area contributed by atoms with E-state index in [4.69, 9.17) is 11.6 Å². The minimum atomic E-state index is -0.505. The third-order valence-electron chi connectivity index (χ3n) is 6.97. The van der Waals surface area contributed by atoms with E-state index in [1.807, 2.05) is 35.7 Å². The maximum atomic E-state index is 13.4. The maximum absolute atomic E-state index is 13.4. The van der Waals surface area contributed by atoms with E-state index in [1.54, 1.807) is 72.8 Å². The first-order chi connectivity index (χ1) is 22.9. The molecule has 0 saturated carbocycles. The van der Waals surface area contributed by atoms with E-state index in [9.17, 15) is 14.4 Å². The van der Waals surface area contributed by atoms with Gasteiger partial charge in [-0.1, -0.05) is 84.4 Å². The highest BCUT2D eigenvalue weighted by Crippen LogP contribution is 2.28. The molecule has 0 aliphatic rings. The van der Waals surface area contributed by atoms with Crippen molar-refractivity contribution in [2.24, 2.45) is 0 Å². The summed E-state index contributed by atoms with van der Waals surface area (Å²) in [6.07, 6.45) is 1.58. The molecule has 3 amide bonds. The number of thioether (sulfide) groups is 1. The molecule has 1 heterocycles. The second-order valence-electron chi connectivity index (χ2n) is 10.3. The Morgan fingerprint density at radius 2 is 1.55 bits per heavy atom. The number of nitrogens with zero attached hydrogens (tertiary/aromatic N) is 1. The van der Waals surface area contributed by atoms with E-state index < -0.39 is 11.8 Å². The lowest BCUT2D eigenvalue weighted by molar-refractivity contribution is -0.114. The fourth-order valence-electron chi connectivity index (χ4n) is 4.65. The van der Waals surface area contributed by atoms with Crippen LogP contribution in [0.1, 0.15) is 15.9 Å². The number of aromatic nitrogens is 1. The van der Waals surface area contributed by atoms with Crippen LogP contribution >= 0.6 is 34.7 Å². The molecule has 6 aromatic rings. The highest BCUT2D eigenvalue weighted by molar-refractivity contribution is 8.00. The second kappa shape index (κ2) is 14.9. The molecular weight excluding hydrogens is 648 g/mol. The van der Waals surface area contributed by atoms with Crippen LogP contribution < -0.4 is 16.0 Å². The molecule has 6 rings (SSSR count). The summed E-state index contributed by atoms with van der Waals surface area (Å²) >= 11 is 8.73. The van der Waals surface area contributed by atoms with Crippen molar-refractivity contribution >= 4 is 80.1 Å². The smallest absolute Gasteiger partial charge is 0.272 e. The van der Waals surface area contributed by atoms with Gasteiger partial charge in [0, 0.05) is 32.1 Å². The summed E-state index contributed by atoms with van der Waals surface area (Å²) in [5.74, 6) is -0.964. The summed E-state index contributed by atoms with van der Waals surface area (Å²) in [6, 6.07) is 37.0. The molecule has 232 valence electrons. The van der Waals surface area contributed by atoms with Gasteiger partial charge in [-0.05, 0) is 70.9 Å². The predicted molar refractivity (Wildman–Crippen MR) is 193 cm³/mol. The Bertz CT molecular complexity index is 2100. The van der Waals surface area contributed by atoms with Gasteiger partial charge in [0.2, 0.25) is 5.91 Å². The van der Waals surface area contributed by atoms with Gasteiger partial charge in [0.25, 0.3) is 11.8 Å². The summed E-state index contributed by atoms with van der Waals surface area (Å²) in [5, 5.41) is 13.8. The highest BCUT2D eigenvalue weighted by atomic mass is 35.5. The number of nitrogens with one attached hydrogen (secondary N) is 3. The average Bonchev–Trinajstić information content (AvgIpc) is 3.56. The van der Waals surface area contributed by atoms with Crippen LogP contribution in [0.5, 0.6) is 0 Å². The van der Waals surface area contributed by atoms with E-state index in [-0.39, 0.29) is 17.4 Å². The predicted octanol–water partition coefficient (Wildman–Crippen LogP) is 8.76. The van der Waals surface area contributed by atoms with Crippen LogP contribution in [0.3, 0.4) is 0 Å². The Kier molecular flexibility index (Phi) is 10.1. The van der Waals surface area contributed by atoms with Gasteiger partial charge < -0.3 is 16.0 Å². The van der Waals surface area contributed by atoms with Crippen LogP contribution in [-0.2, 0) is 9.59 Å². The third-order valence-corrected chi connectivity index (χ3v) is 8.97. The van der Waals surface area contributed by atoms with Gasteiger partial charge in [-0.25, -0.2) is 4.98 Å². The van der Waals surface area contributed by atoms with E-state index in [1.165, 1.54) is 23.1 Å². The number of hydrogen-bond acceptors (Lipinski definition) is 6. The number of anilines is 2. The van der Waals surface area contributed by atoms with Crippen molar-refractivity contribution in [3.8, 4) is 11.3 Å². The third kappa shape index (κ3) is 8.53. The first kappa shape index (κ1) is 31.7. The van der Waals surface area contributed by atoms with E-state index in [0.29, 0.717) is 27.0 Å². The Morgan fingerprint density at radius 3 is 2.36 bits per heavy atom. The second-order valence-corrected chi connectivity index (χ2v) is 12.7. The fraction of sp³-hybridized carbons (Fsp3) is 0.0270. The van der Waals surface area contributed by atoms with Crippen LogP contribution in [-0.4, -0.2) is 28.5 Å².